The van der Waals surface area contributed by atoms with Crippen LogP contribution in [0.3, 0.4) is 0 Å². The summed E-state index contributed by atoms with van der Waals surface area (Å²) in [5.74, 6) is -0.324. The summed E-state index contributed by atoms with van der Waals surface area (Å²) in [5.41, 5.74) is 3.34. The Morgan fingerprint density at radius 2 is 1.91 bits per heavy atom. The van der Waals surface area contributed by atoms with Crippen LogP contribution in [-0.4, -0.2) is 37.1 Å². The highest BCUT2D eigenvalue weighted by Crippen LogP contribution is 2.36. The number of para-hydroxylation sites is 1. The molecule has 2 aliphatic heterocycles. The molecular formula is C17H19BrN2O2. The zero-order valence-electron chi connectivity index (χ0n) is 12.6. The molecule has 2 aliphatic rings. The third-order valence-electron chi connectivity index (χ3n) is 4.58. The summed E-state index contributed by atoms with van der Waals surface area (Å²) >= 11 is 3.62. The molecule has 0 saturated carbocycles. The van der Waals surface area contributed by atoms with E-state index in [2.05, 4.69) is 50.9 Å². The van der Waals surface area contributed by atoms with Crippen molar-refractivity contribution in [3.05, 3.63) is 34.4 Å². The topological polar surface area (TPSA) is 34.6 Å². The van der Waals surface area contributed by atoms with Gasteiger partial charge in [-0.1, -0.05) is 12.1 Å². The van der Waals surface area contributed by atoms with Crippen molar-refractivity contribution in [1.29, 1.82) is 0 Å². The normalized spacial score (nSPS) is 20.9. The van der Waals surface area contributed by atoms with Crippen molar-refractivity contribution in [2.45, 2.75) is 25.6 Å². The molecule has 5 heteroatoms. The SMILES string of the molecule is Cc1cc(N2CCC3(CC2)OCCO3)c2cccc(Br)c2n1. The van der Waals surface area contributed by atoms with Crippen LogP contribution in [0.15, 0.2) is 28.7 Å². The molecule has 1 aromatic heterocycles. The third kappa shape index (κ3) is 2.41. The van der Waals surface area contributed by atoms with Gasteiger partial charge < -0.3 is 14.4 Å². The van der Waals surface area contributed by atoms with Gasteiger partial charge in [0, 0.05) is 47.2 Å². The molecule has 0 amide bonds. The molecule has 22 heavy (non-hydrogen) atoms. The van der Waals surface area contributed by atoms with Crippen LogP contribution in [0.5, 0.6) is 0 Å². The number of piperidine rings is 1. The summed E-state index contributed by atoms with van der Waals surface area (Å²) in [6.45, 7) is 5.40. The summed E-state index contributed by atoms with van der Waals surface area (Å²) in [4.78, 5) is 7.11. The molecular weight excluding hydrogens is 344 g/mol. The lowest BCUT2D eigenvalue weighted by Crippen LogP contribution is -2.45. The van der Waals surface area contributed by atoms with E-state index in [1.807, 2.05) is 6.07 Å². The summed E-state index contributed by atoms with van der Waals surface area (Å²) in [7, 11) is 0. The molecule has 2 aromatic rings. The molecule has 1 spiro atoms. The molecule has 0 radical (unpaired) electrons. The number of benzene rings is 1. The van der Waals surface area contributed by atoms with E-state index in [0.717, 1.165) is 54.8 Å². The smallest absolute Gasteiger partial charge is 0.171 e. The first-order valence-electron chi connectivity index (χ1n) is 7.76. The second-order valence-electron chi connectivity index (χ2n) is 6.01. The van der Waals surface area contributed by atoms with Crippen molar-refractivity contribution < 1.29 is 9.47 Å². The lowest BCUT2D eigenvalue weighted by molar-refractivity contribution is -0.169. The molecule has 4 rings (SSSR count). The van der Waals surface area contributed by atoms with Crippen LogP contribution in [0.4, 0.5) is 5.69 Å². The highest BCUT2D eigenvalue weighted by Gasteiger charge is 2.40. The van der Waals surface area contributed by atoms with Gasteiger partial charge in [-0.3, -0.25) is 4.98 Å². The average Bonchev–Trinajstić information content (AvgIpc) is 2.97. The van der Waals surface area contributed by atoms with Gasteiger partial charge in [0.15, 0.2) is 5.79 Å². The zero-order chi connectivity index (χ0) is 15.2. The predicted octanol–water partition coefficient (Wildman–Crippen LogP) is 3.65. The Kier molecular flexibility index (Phi) is 3.59. The Bertz CT molecular complexity index is 703. The van der Waals surface area contributed by atoms with E-state index in [1.165, 1.54) is 11.1 Å². The molecule has 1 aromatic carbocycles. The minimum Gasteiger partial charge on any atom is -0.371 e. The monoisotopic (exact) mass is 362 g/mol. The Morgan fingerprint density at radius 3 is 2.64 bits per heavy atom. The number of anilines is 1. The number of hydrogen-bond acceptors (Lipinski definition) is 4. The van der Waals surface area contributed by atoms with Crippen molar-refractivity contribution >= 4 is 32.5 Å². The lowest BCUT2D eigenvalue weighted by atomic mass is 10.0. The minimum absolute atomic E-state index is 0.324. The molecule has 0 atom stereocenters. The van der Waals surface area contributed by atoms with E-state index in [0.29, 0.717) is 0 Å². The number of ether oxygens (including phenoxy) is 2. The Balaban J connectivity index is 1.68. The van der Waals surface area contributed by atoms with Crippen LogP contribution >= 0.6 is 15.9 Å². The Labute approximate surface area is 138 Å². The second-order valence-corrected chi connectivity index (χ2v) is 6.87. The van der Waals surface area contributed by atoms with Crippen LogP contribution in [0, 0.1) is 6.92 Å². The fourth-order valence-corrected chi connectivity index (χ4v) is 3.91. The van der Waals surface area contributed by atoms with Gasteiger partial charge in [-0.25, -0.2) is 0 Å². The van der Waals surface area contributed by atoms with E-state index in [-0.39, 0.29) is 5.79 Å². The quantitative estimate of drug-likeness (QED) is 0.775. The number of fused-ring (bicyclic) bond motifs is 1. The van der Waals surface area contributed by atoms with Gasteiger partial charge in [-0.15, -0.1) is 0 Å². The molecule has 2 saturated heterocycles. The number of pyridine rings is 1. The summed E-state index contributed by atoms with van der Waals surface area (Å²) in [6, 6.07) is 8.45. The predicted molar refractivity (Wildman–Crippen MR) is 90.3 cm³/mol. The van der Waals surface area contributed by atoms with Gasteiger partial charge in [0.1, 0.15) is 0 Å². The Hall–Kier alpha value is -1.17. The summed E-state index contributed by atoms with van der Waals surface area (Å²) < 4.78 is 12.7. The maximum atomic E-state index is 5.83. The van der Waals surface area contributed by atoms with Crippen molar-refractivity contribution in [3.63, 3.8) is 0 Å². The highest BCUT2D eigenvalue weighted by molar-refractivity contribution is 9.10. The number of aromatic nitrogens is 1. The largest absolute Gasteiger partial charge is 0.371 e. The Morgan fingerprint density at radius 1 is 1.18 bits per heavy atom. The van der Waals surface area contributed by atoms with Crippen LogP contribution in [0.2, 0.25) is 0 Å². The zero-order valence-corrected chi connectivity index (χ0v) is 14.2. The standard InChI is InChI=1S/C17H19BrN2O2/c1-12-11-15(13-3-2-4-14(18)16(13)19-12)20-7-5-17(6-8-20)21-9-10-22-17/h2-4,11H,5-10H2,1H3. The number of hydrogen-bond donors (Lipinski definition) is 0. The molecule has 0 unspecified atom stereocenters. The number of rotatable bonds is 1. The molecule has 0 aliphatic carbocycles. The molecule has 116 valence electrons. The first kappa shape index (κ1) is 14.4. The molecule has 0 bridgehead atoms. The van der Waals surface area contributed by atoms with Gasteiger partial charge in [-0.05, 0) is 35.0 Å². The molecule has 0 N–H and O–H groups in total. The first-order chi connectivity index (χ1) is 10.7. The fraction of sp³-hybridized carbons (Fsp3) is 0.471. The van der Waals surface area contributed by atoms with E-state index in [4.69, 9.17) is 9.47 Å². The van der Waals surface area contributed by atoms with E-state index >= 15 is 0 Å². The van der Waals surface area contributed by atoms with Crippen molar-refractivity contribution in [1.82, 2.24) is 4.98 Å². The molecule has 2 fully saturated rings. The van der Waals surface area contributed by atoms with Crippen molar-refractivity contribution in [3.8, 4) is 0 Å². The highest BCUT2D eigenvalue weighted by atomic mass is 79.9. The third-order valence-corrected chi connectivity index (χ3v) is 5.22. The fourth-order valence-electron chi connectivity index (χ4n) is 3.46. The van der Waals surface area contributed by atoms with Crippen molar-refractivity contribution in [2.75, 3.05) is 31.2 Å². The number of nitrogens with zero attached hydrogens (tertiary/aromatic N) is 2. The van der Waals surface area contributed by atoms with Gasteiger partial charge in [0.25, 0.3) is 0 Å². The molecule has 4 nitrogen and oxygen atoms in total. The summed E-state index contributed by atoms with van der Waals surface area (Å²) in [5, 5.41) is 1.20. The van der Waals surface area contributed by atoms with Gasteiger partial charge in [-0.2, -0.15) is 0 Å². The van der Waals surface area contributed by atoms with Crippen LogP contribution in [0.25, 0.3) is 10.9 Å². The van der Waals surface area contributed by atoms with Gasteiger partial charge >= 0.3 is 0 Å². The average molecular weight is 363 g/mol. The van der Waals surface area contributed by atoms with E-state index < -0.39 is 0 Å². The number of halogens is 1. The maximum absolute atomic E-state index is 5.83. The summed E-state index contributed by atoms with van der Waals surface area (Å²) in [6.07, 6.45) is 1.84. The first-order valence-corrected chi connectivity index (χ1v) is 8.55. The number of aryl methyl sites for hydroxylation is 1. The van der Waals surface area contributed by atoms with Crippen LogP contribution in [0.1, 0.15) is 18.5 Å². The minimum atomic E-state index is -0.324. The van der Waals surface area contributed by atoms with Gasteiger partial charge in [0.2, 0.25) is 0 Å². The van der Waals surface area contributed by atoms with Crippen molar-refractivity contribution in [2.24, 2.45) is 0 Å². The maximum Gasteiger partial charge on any atom is 0.171 e. The van der Waals surface area contributed by atoms with E-state index in [1.54, 1.807) is 0 Å². The van der Waals surface area contributed by atoms with Gasteiger partial charge in [0.05, 0.1) is 18.7 Å². The van der Waals surface area contributed by atoms with E-state index in [9.17, 15) is 0 Å². The molecule has 3 heterocycles. The van der Waals surface area contributed by atoms with Crippen LogP contribution < -0.4 is 4.90 Å². The lowest BCUT2D eigenvalue weighted by Gasteiger charge is -2.39. The second kappa shape index (κ2) is 5.48. The van der Waals surface area contributed by atoms with Crippen LogP contribution in [-0.2, 0) is 9.47 Å².